The molecule has 106 valence electrons. The lowest BCUT2D eigenvalue weighted by Gasteiger charge is -2.08. The second-order valence-corrected chi connectivity index (χ2v) is 6.18. The molecule has 4 aromatic rings. The summed E-state index contributed by atoms with van der Waals surface area (Å²) in [6, 6.07) is 26.8. The van der Waals surface area contributed by atoms with Crippen molar-refractivity contribution in [1.82, 2.24) is 0 Å². The van der Waals surface area contributed by atoms with Crippen LogP contribution in [0.2, 0.25) is 0 Å². The zero-order chi connectivity index (χ0) is 14.9. The molecule has 0 aliphatic rings. The number of rotatable bonds is 2. The molecular weight excluding hydrogens is 336 g/mol. The van der Waals surface area contributed by atoms with Crippen molar-refractivity contribution < 1.29 is 4.74 Å². The number of ether oxygens (including phenoxy) is 1. The molecule has 4 rings (SSSR count). The van der Waals surface area contributed by atoms with E-state index < -0.39 is 0 Å². The van der Waals surface area contributed by atoms with Gasteiger partial charge in [-0.2, -0.15) is 0 Å². The largest absolute Gasteiger partial charge is 0.457 e. The first kappa shape index (κ1) is 13.4. The van der Waals surface area contributed by atoms with E-state index in [4.69, 9.17) is 4.74 Å². The van der Waals surface area contributed by atoms with Crippen LogP contribution in [0.1, 0.15) is 0 Å². The van der Waals surface area contributed by atoms with Crippen molar-refractivity contribution in [2.24, 2.45) is 0 Å². The fourth-order valence-corrected chi connectivity index (χ4v) is 3.00. The topological polar surface area (TPSA) is 9.23 Å². The van der Waals surface area contributed by atoms with E-state index in [2.05, 4.69) is 64.5 Å². The number of hydrogen-bond donors (Lipinski definition) is 0. The highest BCUT2D eigenvalue weighted by molar-refractivity contribution is 9.10. The van der Waals surface area contributed by atoms with Crippen LogP contribution in [0.3, 0.4) is 0 Å². The lowest BCUT2D eigenvalue weighted by Crippen LogP contribution is -1.85. The maximum absolute atomic E-state index is 6.01. The van der Waals surface area contributed by atoms with Gasteiger partial charge in [0.15, 0.2) is 0 Å². The van der Waals surface area contributed by atoms with Crippen molar-refractivity contribution in [3.63, 3.8) is 0 Å². The smallest absolute Gasteiger partial charge is 0.128 e. The van der Waals surface area contributed by atoms with Crippen molar-refractivity contribution in [3.8, 4) is 11.5 Å². The average Bonchev–Trinajstić information content (AvgIpc) is 2.55. The van der Waals surface area contributed by atoms with Crippen molar-refractivity contribution in [2.45, 2.75) is 0 Å². The number of fused-ring (bicyclic) bond motifs is 2. The van der Waals surface area contributed by atoms with Crippen LogP contribution in [0.5, 0.6) is 11.5 Å². The van der Waals surface area contributed by atoms with Gasteiger partial charge in [0.1, 0.15) is 11.5 Å². The molecule has 0 heterocycles. The highest BCUT2D eigenvalue weighted by Gasteiger charge is 2.01. The molecule has 0 fully saturated rings. The third-order valence-corrected chi connectivity index (χ3v) is 4.22. The first-order valence-electron chi connectivity index (χ1n) is 7.14. The predicted molar refractivity (Wildman–Crippen MR) is 95.7 cm³/mol. The van der Waals surface area contributed by atoms with Gasteiger partial charge in [0, 0.05) is 4.47 Å². The zero-order valence-corrected chi connectivity index (χ0v) is 13.4. The van der Waals surface area contributed by atoms with Gasteiger partial charge in [0.2, 0.25) is 0 Å². The minimum absolute atomic E-state index is 0.852. The molecule has 0 saturated heterocycles. The Kier molecular flexibility index (Phi) is 3.32. The van der Waals surface area contributed by atoms with Gasteiger partial charge in [-0.05, 0) is 57.9 Å². The van der Waals surface area contributed by atoms with Gasteiger partial charge in [-0.25, -0.2) is 0 Å². The van der Waals surface area contributed by atoms with Crippen LogP contribution in [-0.2, 0) is 0 Å². The Balaban J connectivity index is 1.70. The molecule has 0 bridgehead atoms. The highest BCUT2D eigenvalue weighted by Crippen LogP contribution is 2.29. The zero-order valence-electron chi connectivity index (χ0n) is 11.8. The molecule has 0 aliphatic heterocycles. The molecule has 0 N–H and O–H groups in total. The third kappa shape index (κ3) is 2.58. The standard InChI is InChI=1S/C20H13BrO/c21-18-8-5-17-13-20(10-7-16(17)11-18)22-19-9-6-14-3-1-2-4-15(14)12-19/h1-13H. The third-order valence-electron chi connectivity index (χ3n) is 3.73. The lowest BCUT2D eigenvalue weighted by molar-refractivity contribution is 0.484. The Labute approximate surface area is 137 Å². The summed E-state index contributed by atoms with van der Waals surface area (Å²) < 4.78 is 7.10. The van der Waals surface area contributed by atoms with Gasteiger partial charge < -0.3 is 4.74 Å². The molecular formula is C20H13BrO. The van der Waals surface area contributed by atoms with Crippen molar-refractivity contribution in [3.05, 3.63) is 83.3 Å². The van der Waals surface area contributed by atoms with Crippen molar-refractivity contribution in [2.75, 3.05) is 0 Å². The maximum Gasteiger partial charge on any atom is 0.128 e. The Bertz CT molecular complexity index is 975. The van der Waals surface area contributed by atoms with E-state index in [0.717, 1.165) is 16.0 Å². The first-order valence-corrected chi connectivity index (χ1v) is 7.93. The summed E-state index contributed by atoms with van der Waals surface area (Å²) in [4.78, 5) is 0. The van der Waals surface area contributed by atoms with Gasteiger partial charge in [-0.3, -0.25) is 0 Å². The normalized spacial score (nSPS) is 11.0. The molecule has 1 nitrogen and oxygen atoms in total. The summed E-state index contributed by atoms with van der Waals surface area (Å²) in [7, 11) is 0. The maximum atomic E-state index is 6.01. The van der Waals surface area contributed by atoms with Crippen LogP contribution in [0, 0.1) is 0 Å². The van der Waals surface area contributed by atoms with Gasteiger partial charge in [-0.1, -0.05) is 58.4 Å². The monoisotopic (exact) mass is 348 g/mol. The number of halogens is 1. The van der Waals surface area contributed by atoms with E-state index >= 15 is 0 Å². The van der Waals surface area contributed by atoms with E-state index in [1.807, 2.05) is 30.3 Å². The molecule has 0 aromatic heterocycles. The van der Waals surface area contributed by atoms with Crippen LogP contribution in [0.15, 0.2) is 83.3 Å². The molecule has 22 heavy (non-hydrogen) atoms. The molecule has 4 aromatic carbocycles. The van der Waals surface area contributed by atoms with Gasteiger partial charge >= 0.3 is 0 Å². The molecule has 0 saturated carbocycles. The Morgan fingerprint density at radius 2 is 1.09 bits per heavy atom. The molecule has 0 amide bonds. The van der Waals surface area contributed by atoms with Crippen LogP contribution in [0.4, 0.5) is 0 Å². The van der Waals surface area contributed by atoms with Gasteiger partial charge in [0.25, 0.3) is 0 Å². The molecule has 0 radical (unpaired) electrons. The van der Waals surface area contributed by atoms with E-state index in [1.54, 1.807) is 0 Å². The fraction of sp³-hybridized carbons (Fsp3) is 0. The molecule has 0 unspecified atom stereocenters. The predicted octanol–water partition coefficient (Wildman–Crippen LogP) is 6.55. The SMILES string of the molecule is Brc1ccc2cc(Oc3ccc4ccccc4c3)ccc2c1. The van der Waals surface area contributed by atoms with E-state index in [1.165, 1.54) is 21.5 Å². The summed E-state index contributed by atoms with van der Waals surface area (Å²) in [5.41, 5.74) is 0. The van der Waals surface area contributed by atoms with Gasteiger partial charge in [-0.15, -0.1) is 0 Å². The Morgan fingerprint density at radius 1 is 0.545 bits per heavy atom. The minimum Gasteiger partial charge on any atom is -0.457 e. The van der Waals surface area contributed by atoms with Gasteiger partial charge in [0.05, 0.1) is 0 Å². The quantitative estimate of drug-likeness (QED) is 0.399. The van der Waals surface area contributed by atoms with Crippen molar-refractivity contribution in [1.29, 1.82) is 0 Å². The van der Waals surface area contributed by atoms with Crippen LogP contribution in [-0.4, -0.2) is 0 Å². The van der Waals surface area contributed by atoms with Crippen LogP contribution >= 0.6 is 15.9 Å². The van der Waals surface area contributed by atoms with Crippen molar-refractivity contribution >= 4 is 37.5 Å². The van der Waals surface area contributed by atoms with E-state index in [0.29, 0.717) is 0 Å². The summed E-state index contributed by atoms with van der Waals surface area (Å²) in [5, 5.41) is 4.77. The summed E-state index contributed by atoms with van der Waals surface area (Å²) in [6.07, 6.45) is 0. The van der Waals surface area contributed by atoms with Crippen LogP contribution in [0.25, 0.3) is 21.5 Å². The average molecular weight is 349 g/mol. The molecule has 0 atom stereocenters. The van der Waals surface area contributed by atoms with E-state index in [9.17, 15) is 0 Å². The molecule has 2 heteroatoms. The fourth-order valence-electron chi connectivity index (χ4n) is 2.63. The molecule has 0 aliphatic carbocycles. The minimum atomic E-state index is 0.852. The van der Waals surface area contributed by atoms with Crippen LogP contribution < -0.4 is 4.74 Å². The highest BCUT2D eigenvalue weighted by atomic mass is 79.9. The summed E-state index contributed by atoms with van der Waals surface area (Å²) in [5.74, 6) is 1.71. The second-order valence-electron chi connectivity index (χ2n) is 5.26. The Morgan fingerprint density at radius 3 is 1.86 bits per heavy atom. The lowest BCUT2D eigenvalue weighted by atomic mass is 10.1. The number of hydrogen-bond acceptors (Lipinski definition) is 1. The number of benzene rings is 4. The Hall–Kier alpha value is -2.32. The summed E-state index contributed by atoms with van der Waals surface area (Å²) >= 11 is 3.50. The first-order chi connectivity index (χ1) is 10.8. The molecule has 0 spiro atoms. The second kappa shape index (κ2) is 5.47. The summed E-state index contributed by atoms with van der Waals surface area (Å²) in [6.45, 7) is 0. The van der Waals surface area contributed by atoms with E-state index in [-0.39, 0.29) is 0 Å².